The second-order valence-electron chi connectivity index (χ2n) is 3.70. The van der Waals surface area contributed by atoms with Crippen molar-refractivity contribution in [3.63, 3.8) is 0 Å². The number of halogens is 1. The summed E-state index contributed by atoms with van der Waals surface area (Å²) in [6.45, 7) is 0. The fourth-order valence-corrected chi connectivity index (χ4v) is 2.34. The minimum absolute atomic E-state index is 0.188. The van der Waals surface area contributed by atoms with Gasteiger partial charge in [-0.1, -0.05) is 6.07 Å². The summed E-state index contributed by atoms with van der Waals surface area (Å²) < 4.78 is 16.0. The first-order valence-electron chi connectivity index (χ1n) is 5.60. The first kappa shape index (κ1) is 14.8. The highest BCUT2D eigenvalue weighted by molar-refractivity contribution is 9.10. The van der Waals surface area contributed by atoms with Gasteiger partial charge in [0, 0.05) is 6.42 Å². The Kier molecular flexibility index (Phi) is 5.98. The molecule has 0 saturated carbocycles. The molecule has 0 aromatic heterocycles. The molecule has 1 aromatic carbocycles. The van der Waals surface area contributed by atoms with E-state index in [1.165, 1.54) is 7.11 Å². The van der Waals surface area contributed by atoms with Gasteiger partial charge in [-0.15, -0.1) is 0 Å². The molecule has 0 atom stereocenters. The molecule has 1 rings (SSSR count). The number of ether oxygens (including phenoxy) is 3. The Morgan fingerprint density at radius 1 is 1.22 bits per heavy atom. The van der Waals surface area contributed by atoms with Gasteiger partial charge in [-0.2, -0.15) is 0 Å². The van der Waals surface area contributed by atoms with E-state index in [4.69, 9.17) is 9.47 Å². The van der Waals surface area contributed by atoms with Crippen LogP contribution in [0.2, 0.25) is 0 Å². The molecule has 0 aliphatic carbocycles. The minimum atomic E-state index is -0.188. The summed E-state index contributed by atoms with van der Waals surface area (Å²) >= 11 is 3.50. The molecular formula is C13H17BrO4. The van der Waals surface area contributed by atoms with Crippen molar-refractivity contribution in [1.29, 1.82) is 0 Å². The molecule has 0 saturated heterocycles. The Bertz CT molecular complexity index is 418. The molecule has 1 aromatic rings. The minimum Gasteiger partial charge on any atom is -0.493 e. The number of methoxy groups -OCH3 is 3. The van der Waals surface area contributed by atoms with E-state index in [2.05, 4.69) is 20.7 Å². The normalized spacial score (nSPS) is 10.0. The van der Waals surface area contributed by atoms with Crippen molar-refractivity contribution in [3.05, 3.63) is 22.2 Å². The molecular weight excluding hydrogens is 300 g/mol. The Balaban J connectivity index is 2.75. The number of aryl methyl sites for hydroxylation is 1. The van der Waals surface area contributed by atoms with E-state index in [-0.39, 0.29) is 5.97 Å². The van der Waals surface area contributed by atoms with E-state index in [1.54, 1.807) is 14.2 Å². The van der Waals surface area contributed by atoms with Crippen LogP contribution in [0.5, 0.6) is 11.5 Å². The number of rotatable bonds is 6. The molecule has 0 amide bonds. The van der Waals surface area contributed by atoms with Crippen molar-refractivity contribution in [2.75, 3.05) is 21.3 Å². The van der Waals surface area contributed by atoms with Crippen molar-refractivity contribution in [1.82, 2.24) is 0 Å². The molecule has 18 heavy (non-hydrogen) atoms. The number of benzene rings is 1. The van der Waals surface area contributed by atoms with Gasteiger partial charge in [-0.25, -0.2) is 0 Å². The summed E-state index contributed by atoms with van der Waals surface area (Å²) in [5.74, 6) is 1.17. The predicted octanol–water partition coefficient (Wildman–Crippen LogP) is 2.96. The monoisotopic (exact) mass is 316 g/mol. The Morgan fingerprint density at radius 2 is 1.94 bits per heavy atom. The first-order valence-corrected chi connectivity index (χ1v) is 6.39. The number of carbonyl (C=O) groups is 1. The molecule has 0 radical (unpaired) electrons. The maximum atomic E-state index is 11.0. The number of carbonyl (C=O) groups excluding carboxylic acids is 1. The number of hydrogen-bond acceptors (Lipinski definition) is 4. The fourth-order valence-electron chi connectivity index (χ4n) is 1.65. The van der Waals surface area contributed by atoms with E-state index in [9.17, 15) is 4.79 Å². The number of esters is 1. The molecule has 0 unspecified atom stereocenters. The van der Waals surface area contributed by atoms with Crippen LogP contribution in [0.15, 0.2) is 16.6 Å². The van der Waals surface area contributed by atoms with Gasteiger partial charge in [0.05, 0.1) is 25.8 Å². The third-order valence-corrected chi connectivity index (χ3v) is 3.49. The SMILES string of the molecule is COC(=O)CCCc1ccc(OC)c(OC)c1Br. The highest BCUT2D eigenvalue weighted by Gasteiger charge is 2.12. The lowest BCUT2D eigenvalue weighted by atomic mass is 10.1. The molecule has 100 valence electrons. The van der Waals surface area contributed by atoms with Gasteiger partial charge in [0.15, 0.2) is 11.5 Å². The zero-order valence-electron chi connectivity index (χ0n) is 10.8. The van der Waals surface area contributed by atoms with E-state index in [0.29, 0.717) is 17.9 Å². The average Bonchev–Trinajstić information content (AvgIpc) is 2.39. The summed E-state index contributed by atoms with van der Waals surface area (Å²) in [5.41, 5.74) is 1.08. The summed E-state index contributed by atoms with van der Waals surface area (Å²) in [6.07, 6.45) is 1.92. The van der Waals surface area contributed by atoms with E-state index >= 15 is 0 Å². The zero-order valence-corrected chi connectivity index (χ0v) is 12.4. The summed E-state index contributed by atoms with van der Waals surface area (Å²) in [6, 6.07) is 3.82. The molecule has 0 spiro atoms. The predicted molar refractivity (Wildman–Crippen MR) is 72.2 cm³/mol. The maximum Gasteiger partial charge on any atom is 0.305 e. The Hall–Kier alpha value is -1.23. The highest BCUT2D eigenvalue weighted by atomic mass is 79.9. The van der Waals surface area contributed by atoms with Crippen molar-refractivity contribution in [2.24, 2.45) is 0 Å². The second-order valence-corrected chi connectivity index (χ2v) is 4.50. The van der Waals surface area contributed by atoms with Crippen LogP contribution in [0, 0.1) is 0 Å². The van der Waals surface area contributed by atoms with Crippen LogP contribution in [0.1, 0.15) is 18.4 Å². The third kappa shape index (κ3) is 3.63. The smallest absolute Gasteiger partial charge is 0.305 e. The first-order chi connectivity index (χ1) is 8.63. The third-order valence-electron chi connectivity index (χ3n) is 2.62. The molecule has 0 aliphatic rings. The molecule has 5 heteroatoms. The summed E-state index contributed by atoms with van der Waals surface area (Å²) in [7, 11) is 4.59. The Labute approximate surface area is 115 Å². The molecule has 0 aliphatic heterocycles. The van der Waals surface area contributed by atoms with E-state index in [1.807, 2.05) is 12.1 Å². The van der Waals surface area contributed by atoms with Crippen molar-refractivity contribution in [3.8, 4) is 11.5 Å². The maximum absolute atomic E-state index is 11.0. The molecule has 0 heterocycles. The van der Waals surface area contributed by atoms with Crippen LogP contribution in [0.3, 0.4) is 0 Å². The fraction of sp³-hybridized carbons (Fsp3) is 0.462. The van der Waals surface area contributed by atoms with Crippen molar-refractivity contribution >= 4 is 21.9 Å². The van der Waals surface area contributed by atoms with Crippen LogP contribution >= 0.6 is 15.9 Å². The number of hydrogen-bond donors (Lipinski definition) is 0. The quantitative estimate of drug-likeness (QED) is 0.757. The zero-order chi connectivity index (χ0) is 13.5. The molecule has 0 bridgehead atoms. The van der Waals surface area contributed by atoms with Crippen molar-refractivity contribution < 1.29 is 19.0 Å². The van der Waals surface area contributed by atoms with Gasteiger partial charge in [0.1, 0.15) is 0 Å². The molecule has 0 fully saturated rings. The van der Waals surface area contributed by atoms with Gasteiger partial charge >= 0.3 is 5.97 Å². The van der Waals surface area contributed by atoms with Crippen LogP contribution in [-0.4, -0.2) is 27.3 Å². The van der Waals surface area contributed by atoms with Crippen LogP contribution < -0.4 is 9.47 Å². The van der Waals surface area contributed by atoms with Crippen LogP contribution in [0.4, 0.5) is 0 Å². The van der Waals surface area contributed by atoms with E-state index in [0.717, 1.165) is 22.9 Å². The average molecular weight is 317 g/mol. The largest absolute Gasteiger partial charge is 0.493 e. The van der Waals surface area contributed by atoms with Gasteiger partial charge in [0.25, 0.3) is 0 Å². The van der Waals surface area contributed by atoms with Crippen LogP contribution in [-0.2, 0) is 16.0 Å². The Morgan fingerprint density at radius 3 is 2.50 bits per heavy atom. The molecule has 4 nitrogen and oxygen atoms in total. The lowest BCUT2D eigenvalue weighted by Crippen LogP contribution is -2.01. The van der Waals surface area contributed by atoms with Crippen molar-refractivity contribution in [2.45, 2.75) is 19.3 Å². The van der Waals surface area contributed by atoms with Gasteiger partial charge in [-0.3, -0.25) is 4.79 Å². The molecule has 0 N–H and O–H groups in total. The van der Waals surface area contributed by atoms with Gasteiger partial charge in [0.2, 0.25) is 0 Å². The topological polar surface area (TPSA) is 44.8 Å². The highest BCUT2D eigenvalue weighted by Crippen LogP contribution is 2.37. The summed E-state index contributed by atoms with van der Waals surface area (Å²) in [5, 5.41) is 0. The summed E-state index contributed by atoms with van der Waals surface area (Å²) in [4.78, 5) is 11.0. The van der Waals surface area contributed by atoms with Gasteiger partial charge in [-0.05, 0) is 40.4 Å². The second kappa shape index (κ2) is 7.26. The van der Waals surface area contributed by atoms with Gasteiger partial charge < -0.3 is 14.2 Å². The standard InChI is InChI=1S/C13H17BrO4/c1-16-10-8-7-9(12(14)13(10)18-3)5-4-6-11(15)17-2/h7-8H,4-6H2,1-3H3. The van der Waals surface area contributed by atoms with E-state index < -0.39 is 0 Å². The van der Waals surface area contributed by atoms with Crippen LogP contribution in [0.25, 0.3) is 0 Å². The lowest BCUT2D eigenvalue weighted by molar-refractivity contribution is -0.140. The lowest BCUT2D eigenvalue weighted by Gasteiger charge is -2.12.